The molecule has 3 heteroatoms. The van der Waals surface area contributed by atoms with Gasteiger partial charge in [-0.1, -0.05) is 11.6 Å². The van der Waals surface area contributed by atoms with Crippen molar-refractivity contribution in [3.05, 3.63) is 11.6 Å². The van der Waals surface area contributed by atoms with Gasteiger partial charge in [0.15, 0.2) is 0 Å². The third-order valence-corrected chi connectivity index (χ3v) is 3.69. The third-order valence-electron chi connectivity index (χ3n) is 3.69. The molecule has 0 radical (unpaired) electrons. The fourth-order valence-corrected chi connectivity index (χ4v) is 2.42. The van der Waals surface area contributed by atoms with E-state index in [9.17, 15) is 0 Å². The van der Waals surface area contributed by atoms with Gasteiger partial charge < -0.3 is 10.2 Å². The minimum atomic E-state index is 1.16. The molecule has 0 amide bonds. The minimum Gasteiger partial charge on any atom is -0.315 e. The fourth-order valence-electron chi connectivity index (χ4n) is 2.42. The first-order valence-electron chi connectivity index (χ1n) is 6.65. The Balaban J connectivity index is 1.66. The van der Waals surface area contributed by atoms with Gasteiger partial charge >= 0.3 is 0 Å². The Morgan fingerprint density at radius 2 is 2.00 bits per heavy atom. The summed E-state index contributed by atoms with van der Waals surface area (Å²) in [4.78, 5) is 5.18. The van der Waals surface area contributed by atoms with Crippen LogP contribution in [0, 0.1) is 0 Å². The SMILES string of the molecule is CC1=CCN(CCN2CCCNCC2)CC1. The van der Waals surface area contributed by atoms with E-state index in [1.807, 2.05) is 0 Å². The van der Waals surface area contributed by atoms with Crippen LogP contribution >= 0.6 is 0 Å². The zero-order valence-corrected chi connectivity index (χ0v) is 10.5. The first-order chi connectivity index (χ1) is 7.84. The number of nitrogens with one attached hydrogen (secondary N) is 1. The Morgan fingerprint density at radius 3 is 2.81 bits per heavy atom. The Bertz CT molecular complexity index is 229. The van der Waals surface area contributed by atoms with Crippen LogP contribution in [-0.4, -0.2) is 62.2 Å². The van der Waals surface area contributed by atoms with Gasteiger partial charge in [-0.15, -0.1) is 0 Å². The van der Waals surface area contributed by atoms with Crippen LogP contribution in [-0.2, 0) is 0 Å². The van der Waals surface area contributed by atoms with E-state index in [1.165, 1.54) is 58.7 Å². The van der Waals surface area contributed by atoms with Crippen molar-refractivity contribution < 1.29 is 0 Å². The summed E-state index contributed by atoms with van der Waals surface area (Å²) in [6.45, 7) is 12.0. The van der Waals surface area contributed by atoms with Crippen LogP contribution in [0.2, 0.25) is 0 Å². The van der Waals surface area contributed by atoms with Gasteiger partial charge in [0.1, 0.15) is 0 Å². The molecule has 0 aromatic carbocycles. The molecular weight excluding hydrogens is 198 g/mol. The normalized spacial score (nSPS) is 25.2. The van der Waals surface area contributed by atoms with Gasteiger partial charge in [0.2, 0.25) is 0 Å². The topological polar surface area (TPSA) is 18.5 Å². The molecule has 0 aromatic heterocycles. The summed E-state index contributed by atoms with van der Waals surface area (Å²) in [5.41, 5.74) is 1.57. The number of hydrogen-bond acceptors (Lipinski definition) is 3. The predicted octanol–water partition coefficient (Wildman–Crippen LogP) is 0.934. The Hall–Kier alpha value is -0.380. The van der Waals surface area contributed by atoms with Gasteiger partial charge in [0.25, 0.3) is 0 Å². The van der Waals surface area contributed by atoms with Crippen molar-refractivity contribution in [1.82, 2.24) is 15.1 Å². The van der Waals surface area contributed by atoms with Crippen molar-refractivity contribution in [3.63, 3.8) is 0 Å². The molecule has 1 N–H and O–H groups in total. The highest BCUT2D eigenvalue weighted by atomic mass is 15.2. The lowest BCUT2D eigenvalue weighted by molar-refractivity contribution is 0.219. The van der Waals surface area contributed by atoms with Gasteiger partial charge in [-0.2, -0.15) is 0 Å². The zero-order chi connectivity index (χ0) is 11.2. The average molecular weight is 223 g/mol. The first kappa shape index (κ1) is 12.1. The summed E-state index contributed by atoms with van der Waals surface area (Å²) in [6.07, 6.45) is 4.95. The van der Waals surface area contributed by atoms with E-state index in [0.717, 1.165) is 6.54 Å². The molecule has 0 atom stereocenters. The number of nitrogens with zero attached hydrogens (tertiary/aromatic N) is 2. The van der Waals surface area contributed by atoms with Crippen LogP contribution in [0.4, 0.5) is 0 Å². The summed E-state index contributed by atoms with van der Waals surface area (Å²) >= 11 is 0. The van der Waals surface area contributed by atoms with Crippen LogP contribution in [0.3, 0.4) is 0 Å². The second kappa shape index (κ2) is 6.38. The van der Waals surface area contributed by atoms with E-state index in [-0.39, 0.29) is 0 Å². The quantitative estimate of drug-likeness (QED) is 0.718. The minimum absolute atomic E-state index is 1.16. The molecule has 0 aromatic rings. The van der Waals surface area contributed by atoms with Crippen molar-refractivity contribution in [1.29, 1.82) is 0 Å². The van der Waals surface area contributed by atoms with Crippen LogP contribution in [0.25, 0.3) is 0 Å². The van der Waals surface area contributed by atoms with Crippen molar-refractivity contribution >= 4 is 0 Å². The van der Waals surface area contributed by atoms with Crippen molar-refractivity contribution in [3.8, 4) is 0 Å². The molecule has 2 aliphatic heterocycles. The summed E-state index contributed by atoms with van der Waals surface area (Å²) in [7, 11) is 0. The molecule has 1 saturated heterocycles. The molecule has 16 heavy (non-hydrogen) atoms. The molecule has 2 heterocycles. The Morgan fingerprint density at radius 1 is 1.12 bits per heavy atom. The molecule has 2 aliphatic rings. The van der Waals surface area contributed by atoms with Gasteiger partial charge in [0, 0.05) is 39.3 Å². The maximum atomic E-state index is 3.46. The molecular formula is C13H25N3. The van der Waals surface area contributed by atoms with E-state index in [0.29, 0.717) is 0 Å². The molecule has 3 nitrogen and oxygen atoms in total. The van der Waals surface area contributed by atoms with Crippen molar-refractivity contribution in [2.45, 2.75) is 19.8 Å². The van der Waals surface area contributed by atoms with E-state index in [1.54, 1.807) is 5.57 Å². The van der Waals surface area contributed by atoms with E-state index >= 15 is 0 Å². The third kappa shape index (κ3) is 3.89. The van der Waals surface area contributed by atoms with Crippen molar-refractivity contribution in [2.24, 2.45) is 0 Å². The van der Waals surface area contributed by atoms with E-state index in [4.69, 9.17) is 0 Å². The highest BCUT2D eigenvalue weighted by Crippen LogP contribution is 2.09. The van der Waals surface area contributed by atoms with Gasteiger partial charge in [-0.25, -0.2) is 0 Å². The van der Waals surface area contributed by atoms with Crippen molar-refractivity contribution in [2.75, 3.05) is 52.4 Å². The molecule has 0 bridgehead atoms. The molecule has 92 valence electrons. The standard InChI is InChI=1S/C13H25N3/c1-13-3-8-16(9-4-13)12-11-15-7-2-5-14-6-10-15/h3,14H,2,4-12H2,1H3. The molecule has 2 rings (SSSR count). The smallest absolute Gasteiger partial charge is 0.0166 e. The fraction of sp³-hybridized carbons (Fsp3) is 0.846. The maximum Gasteiger partial charge on any atom is 0.0166 e. The second-order valence-electron chi connectivity index (χ2n) is 5.05. The second-order valence-corrected chi connectivity index (χ2v) is 5.05. The largest absolute Gasteiger partial charge is 0.315 e. The van der Waals surface area contributed by atoms with Gasteiger partial charge in [-0.05, 0) is 32.9 Å². The van der Waals surface area contributed by atoms with Crippen LogP contribution in [0.5, 0.6) is 0 Å². The molecule has 0 saturated carbocycles. The Kier molecular flexibility index (Phi) is 4.82. The van der Waals surface area contributed by atoms with E-state index in [2.05, 4.69) is 28.1 Å². The molecule has 0 spiro atoms. The van der Waals surface area contributed by atoms with Gasteiger partial charge in [0.05, 0.1) is 0 Å². The molecule has 0 aliphatic carbocycles. The molecule has 1 fully saturated rings. The number of rotatable bonds is 3. The van der Waals surface area contributed by atoms with Crippen LogP contribution in [0.1, 0.15) is 19.8 Å². The lowest BCUT2D eigenvalue weighted by Crippen LogP contribution is -2.38. The van der Waals surface area contributed by atoms with Gasteiger partial charge in [-0.3, -0.25) is 4.90 Å². The van der Waals surface area contributed by atoms with Crippen LogP contribution < -0.4 is 5.32 Å². The lowest BCUT2D eigenvalue weighted by atomic mass is 10.1. The highest BCUT2D eigenvalue weighted by molar-refractivity contribution is 5.03. The lowest BCUT2D eigenvalue weighted by Gasteiger charge is -2.28. The highest BCUT2D eigenvalue weighted by Gasteiger charge is 2.12. The Labute approximate surface area is 99.5 Å². The summed E-state index contributed by atoms with van der Waals surface area (Å²) in [5.74, 6) is 0. The monoisotopic (exact) mass is 223 g/mol. The molecule has 0 unspecified atom stereocenters. The maximum absolute atomic E-state index is 3.46. The average Bonchev–Trinajstić information content (AvgIpc) is 2.57. The summed E-state index contributed by atoms with van der Waals surface area (Å²) < 4.78 is 0. The van der Waals surface area contributed by atoms with E-state index < -0.39 is 0 Å². The predicted molar refractivity (Wildman–Crippen MR) is 68.7 cm³/mol. The van der Waals surface area contributed by atoms with Crippen LogP contribution in [0.15, 0.2) is 11.6 Å². The first-order valence-corrected chi connectivity index (χ1v) is 6.65. The summed E-state index contributed by atoms with van der Waals surface area (Å²) in [5, 5.41) is 3.46. The summed E-state index contributed by atoms with van der Waals surface area (Å²) in [6, 6.07) is 0. The zero-order valence-electron chi connectivity index (χ0n) is 10.5. The number of hydrogen-bond donors (Lipinski definition) is 1.